The number of aryl methyl sites for hydroxylation is 1. The number of anilines is 1. The molecule has 0 fully saturated rings. The van der Waals surface area contributed by atoms with Gasteiger partial charge in [0, 0.05) is 19.6 Å². The summed E-state index contributed by atoms with van der Waals surface area (Å²) in [6.45, 7) is 8.62. The van der Waals surface area contributed by atoms with Crippen LogP contribution in [-0.4, -0.2) is 27.8 Å². The Kier molecular flexibility index (Phi) is 4.85. The summed E-state index contributed by atoms with van der Waals surface area (Å²) in [4.78, 5) is 14.0. The first kappa shape index (κ1) is 16.1. The van der Waals surface area contributed by atoms with Crippen LogP contribution in [0.1, 0.15) is 36.8 Å². The minimum Gasteiger partial charge on any atom is -0.323 e. The lowest BCUT2D eigenvalue weighted by Gasteiger charge is -2.18. The molecule has 0 bridgehead atoms. The van der Waals surface area contributed by atoms with Crippen molar-refractivity contribution in [1.29, 1.82) is 0 Å². The van der Waals surface area contributed by atoms with Crippen LogP contribution in [0.5, 0.6) is 0 Å². The second kappa shape index (κ2) is 6.64. The van der Waals surface area contributed by atoms with Crippen molar-refractivity contribution in [2.45, 2.75) is 40.3 Å². The lowest BCUT2D eigenvalue weighted by atomic mass is 10.2. The summed E-state index contributed by atoms with van der Waals surface area (Å²) in [5, 5.41) is 7.47. The predicted molar refractivity (Wildman–Crippen MR) is 89.0 cm³/mol. The van der Waals surface area contributed by atoms with E-state index in [1.165, 1.54) is 0 Å². The highest BCUT2D eigenvalue weighted by molar-refractivity contribution is 5.90. The first-order valence-corrected chi connectivity index (χ1v) is 7.52. The maximum atomic E-state index is 12.4. The summed E-state index contributed by atoms with van der Waals surface area (Å²) in [5.74, 6) is 0. The zero-order valence-electron chi connectivity index (χ0n) is 13.9. The Balaban J connectivity index is 2.09. The van der Waals surface area contributed by atoms with Crippen molar-refractivity contribution in [3.8, 4) is 0 Å². The molecule has 118 valence electrons. The topological polar surface area (TPSA) is 50.2 Å². The molecule has 0 spiro atoms. The molecule has 5 nitrogen and oxygen atoms in total. The van der Waals surface area contributed by atoms with Crippen LogP contribution < -0.4 is 5.32 Å². The summed E-state index contributed by atoms with van der Waals surface area (Å²) < 4.78 is 1.93. The Hall–Kier alpha value is -2.30. The van der Waals surface area contributed by atoms with Gasteiger partial charge in [0.05, 0.1) is 17.1 Å². The first-order valence-electron chi connectivity index (χ1n) is 7.52. The fraction of sp³-hybridized carbons (Fsp3) is 0.412. The van der Waals surface area contributed by atoms with Gasteiger partial charge in [-0.3, -0.25) is 4.68 Å². The number of aromatic nitrogens is 2. The molecule has 0 radical (unpaired) electrons. The highest BCUT2D eigenvalue weighted by Gasteiger charge is 2.17. The molecule has 0 aliphatic carbocycles. The van der Waals surface area contributed by atoms with Crippen molar-refractivity contribution in [2.75, 3.05) is 12.4 Å². The minimum atomic E-state index is -0.127. The van der Waals surface area contributed by atoms with Gasteiger partial charge in [-0.2, -0.15) is 5.10 Å². The number of nitrogens with zero attached hydrogens (tertiary/aromatic N) is 3. The van der Waals surface area contributed by atoms with E-state index >= 15 is 0 Å². The van der Waals surface area contributed by atoms with Crippen molar-refractivity contribution in [1.82, 2.24) is 14.7 Å². The molecule has 0 unspecified atom stereocenters. The largest absolute Gasteiger partial charge is 0.323 e. The van der Waals surface area contributed by atoms with Gasteiger partial charge < -0.3 is 10.2 Å². The molecule has 1 aromatic heterocycles. The molecule has 0 atom stereocenters. The van der Waals surface area contributed by atoms with Gasteiger partial charge in [-0.15, -0.1) is 0 Å². The average Bonchev–Trinajstić information content (AvgIpc) is 2.76. The summed E-state index contributed by atoms with van der Waals surface area (Å²) in [6.07, 6.45) is 0. The Morgan fingerprint density at radius 2 is 1.91 bits per heavy atom. The quantitative estimate of drug-likeness (QED) is 0.935. The third-order valence-electron chi connectivity index (χ3n) is 3.66. The maximum Gasteiger partial charge on any atom is 0.321 e. The molecule has 2 amide bonds. The number of benzene rings is 1. The van der Waals surface area contributed by atoms with Crippen molar-refractivity contribution in [2.24, 2.45) is 0 Å². The van der Waals surface area contributed by atoms with Crippen LogP contribution in [0.15, 0.2) is 30.3 Å². The highest BCUT2D eigenvalue weighted by Crippen LogP contribution is 2.22. The van der Waals surface area contributed by atoms with E-state index < -0.39 is 0 Å². The van der Waals surface area contributed by atoms with Crippen LogP contribution in [0, 0.1) is 13.8 Å². The van der Waals surface area contributed by atoms with Gasteiger partial charge in [0.2, 0.25) is 0 Å². The average molecular weight is 300 g/mol. The standard InChI is InChI=1S/C17H24N4O/c1-12(2)21-14(4)16(13(3)19-21)18-17(22)20(5)11-15-9-7-6-8-10-15/h6-10,12H,11H2,1-5H3,(H,18,22). The van der Waals surface area contributed by atoms with E-state index in [0.29, 0.717) is 6.54 Å². The smallest absolute Gasteiger partial charge is 0.321 e. The molecule has 0 aliphatic rings. The van der Waals surface area contributed by atoms with Crippen molar-refractivity contribution >= 4 is 11.7 Å². The van der Waals surface area contributed by atoms with Crippen LogP contribution >= 0.6 is 0 Å². The highest BCUT2D eigenvalue weighted by atomic mass is 16.2. The molecule has 1 N–H and O–H groups in total. The molecule has 0 saturated carbocycles. The van der Waals surface area contributed by atoms with E-state index in [4.69, 9.17) is 0 Å². The van der Waals surface area contributed by atoms with E-state index in [1.54, 1.807) is 11.9 Å². The van der Waals surface area contributed by atoms with Crippen molar-refractivity contribution in [3.63, 3.8) is 0 Å². The van der Waals surface area contributed by atoms with Gasteiger partial charge in [0.15, 0.2) is 0 Å². The monoisotopic (exact) mass is 300 g/mol. The molecule has 2 aromatic rings. The second-order valence-electron chi connectivity index (χ2n) is 5.86. The van der Waals surface area contributed by atoms with Crippen LogP contribution in [-0.2, 0) is 6.54 Å². The Bertz CT molecular complexity index is 646. The summed E-state index contributed by atoms with van der Waals surface area (Å²) >= 11 is 0. The Morgan fingerprint density at radius 1 is 1.27 bits per heavy atom. The predicted octanol–water partition coefficient (Wildman–Crippen LogP) is 3.74. The molecular weight excluding hydrogens is 276 g/mol. The summed E-state index contributed by atoms with van der Waals surface area (Å²) in [5.41, 5.74) is 3.73. The van der Waals surface area contributed by atoms with Gasteiger partial charge in [-0.05, 0) is 33.3 Å². The molecule has 5 heteroatoms. The van der Waals surface area contributed by atoms with E-state index in [-0.39, 0.29) is 12.1 Å². The normalized spacial score (nSPS) is 10.8. The minimum absolute atomic E-state index is 0.127. The number of rotatable bonds is 4. The zero-order chi connectivity index (χ0) is 16.3. The fourth-order valence-corrected chi connectivity index (χ4v) is 2.48. The van der Waals surface area contributed by atoms with E-state index in [1.807, 2.05) is 48.9 Å². The van der Waals surface area contributed by atoms with E-state index in [2.05, 4.69) is 24.3 Å². The Morgan fingerprint density at radius 3 is 2.45 bits per heavy atom. The maximum absolute atomic E-state index is 12.4. The van der Waals surface area contributed by atoms with E-state index in [9.17, 15) is 4.79 Å². The van der Waals surface area contributed by atoms with Crippen molar-refractivity contribution in [3.05, 3.63) is 47.3 Å². The first-order chi connectivity index (χ1) is 10.4. The van der Waals surface area contributed by atoms with Crippen LogP contribution in [0.3, 0.4) is 0 Å². The van der Waals surface area contributed by atoms with Crippen LogP contribution in [0.2, 0.25) is 0 Å². The third-order valence-corrected chi connectivity index (χ3v) is 3.66. The molecule has 2 rings (SSSR count). The molecule has 0 aliphatic heterocycles. The second-order valence-corrected chi connectivity index (χ2v) is 5.86. The molecular formula is C17H24N4O. The number of nitrogens with one attached hydrogen (secondary N) is 1. The van der Waals surface area contributed by atoms with Crippen LogP contribution in [0.25, 0.3) is 0 Å². The number of hydrogen-bond acceptors (Lipinski definition) is 2. The van der Waals surface area contributed by atoms with Crippen LogP contribution in [0.4, 0.5) is 10.5 Å². The number of hydrogen-bond donors (Lipinski definition) is 1. The fourth-order valence-electron chi connectivity index (χ4n) is 2.48. The molecule has 1 aromatic carbocycles. The SMILES string of the molecule is Cc1nn(C(C)C)c(C)c1NC(=O)N(C)Cc1ccccc1. The van der Waals surface area contributed by atoms with Crippen molar-refractivity contribution < 1.29 is 4.79 Å². The van der Waals surface area contributed by atoms with Gasteiger partial charge in [-0.25, -0.2) is 4.79 Å². The number of carbonyl (C=O) groups excluding carboxylic acids is 1. The molecule has 22 heavy (non-hydrogen) atoms. The summed E-state index contributed by atoms with van der Waals surface area (Å²) in [7, 11) is 1.79. The number of urea groups is 1. The Labute approximate surface area is 131 Å². The zero-order valence-corrected chi connectivity index (χ0v) is 13.9. The van der Waals surface area contributed by atoms with Gasteiger partial charge >= 0.3 is 6.03 Å². The number of amides is 2. The van der Waals surface area contributed by atoms with Gasteiger partial charge in [0.25, 0.3) is 0 Å². The van der Waals surface area contributed by atoms with Gasteiger partial charge in [0.1, 0.15) is 0 Å². The van der Waals surface area contributed by atoms with E-state index in [0.717, 1.165) is 22.6 Å². The third kappa shape index (κ3) is 3.47. The lowest BCUT2D eigenvalue weighted by molar-refractivity contribution is 0.220. The summed E-state index contributed by atoms with van der Waals surface area (Å²) in [6, 6.07) is 10.1. The lowest BCUT2D eigenvalue weighted by Crippen LogP contribution is -2.31. The van der Waals surface area contributed by atoms with Gasteiger partial charge in [-0.1, -0.05) is 30.3 Å². The molecule has 0 saturated heterocycles. The molecule has 1 heterocycles. The number of carbonyl (C=O) groups is 1.